The molecule has 8 heteroatoms. The Morgan fingerprint density at radius 1 is 1.23 bits per heavy atom. The van der Waals surface area contributed by atoms with E-state index in [2.05, 4.69) is 34.3 Å². The van der Waals surface area contributed by atoms with E-state index in [0.29, 0.717) is 5.92 Å². The number of aromatic nitrogens is 7. The molecule has 0 spiro atoms. The first-order valence-corrected chi connectivity index (χ1v) is 9.51. The Hall–Kier alpha value is -2.51. The Kier molecular flexibility index (Phi) is 4.57. The first-order valence-electron chi connectivity index (χ1n) is 9.51. The third-order valence-electron chi connectivity index (χ3n) is 5.15. The fraction of sp³-hybridized carbons (Fsp3) is 0.611. The maximum Gasteiger partial charge on any atom is 0.163 e. The van der Waals surface area contributed by atoms with E-state index in [1.165, 1.54) is 25.7 Å². The molecule has 1 saturated carbocycles. The molecule has 3 aromatic heterocycles. The molecule has 0 aliphatic heterocycles. The van der Waals surface area contributed by atoms with Crippen LogP contribution in [0, 0.1) is 0 Å². The molecule has 4 rings (SSSR count). The van der Waals surface area contributed by atoms with Crippen LogP contribution in [0.1, 0.15) is 69.6 Å². The summed E-state index contributed by atoms with van der Waals surface area (Å²) in [4.78, 5) is 14.1. The van der Waals surface area contributed by atoms with Crippen molar-refractivity contribution in [3.05, 3.63) is 24.2 Å². The average molecular weight is 354 g/mol. The van der Waals surface area contributed by atoms with E-state index in [0.717, 1.165) is 41.5 Å². The van der Waals surface area contributed by atoms with Crippen LogP contribution in [-0.4, -0.2) is 34.5 Å². The van der Waals surface area contributed by atoms with Gasteiger partial charge >= 0.3 is 0 Å². The van der Waals surface area contributed by atoms with Crippen molar-refractivity contribution < 1.29 is 0 Å². The lowest BCUT2D eigenvalue weighted by molar-refractivity contribution is 0.553. The van der Waals surface area contributed by atoms with Crippen molar-refractivity contribution in [1.82, 2.24) is 34.5 Å². The molecule has 1 aliphatic rings. The van der Waals surface area contributed by atoms with Crippen molar-refractivity contribution in [2.75, 3.05) is 5.32 Å². The summed E-state index contributed by atoms with van der Waals surface area (Å²) in [5, 5.41) is 13.2. The second-order valence-electron chi connectivity index (χ2n) is 7.12. The molecule has 0 amide bonds. The summed E-state index contributed by atoms with van der Waals surface area (Å²) in [5.74, 6) is 3.14. The molecule has 0 radical (unpaired) electrons. The van der Waals surface area contributed by atoms with E-state index in [9.17, 15) is 0 Å². The van der Waals surface area contributed by atoms with Crippen LogP contribution in [0.4, 0.5) is 5.82 Å². The number of hydrogen-bond donors (Lipinski definition) is 1. The molecule has 138 valence electrons. The van der Waals surface area contributed by atoms with Crippen LogP contribution in [0.15, 0.2) is 12.5 Å². The van der Waals surface area contributed by atoms with Gasteiger partial charge in [-0.05, 0) is 26.2 Å². The summed E-state index contributed by atoms with van der Waals surface area (Å²) in [6, 6.07) is -0.00113. The van der Waals surface area contributed by atoms with Gasteiger partial charge in [-0.2, -0.15) is 10.2 Å². The van der Waals surface area contributed by atoms with Gasteiger partial charge in [0.2, 0.25) is 0 Å². The summed E-state index contributed by atoms with van der Waals surface area (Å²) in [6.45, 7) is 5.09. The summed E-state index contributed by atoms with van der Waals surface area (Å²) >= 11 is 0. The average Bonchev–Trinajstić information content (AvgIpc) is 3.36. The van der Waals surface area contributed by atoms with Crippen LogP contribution in [0.25, 0.3) is 11.0 Å². The maximum atomic E-state index is 4.89. The number of fused-ring (bicyclic) bond motifs is 1. The van der Waals surface area contributed by atoms with Gasteiger partial charge in [0.05, 0.1) is 17.6 Å². The zero-order valence-corrected chi connectivity index (χ0v) is 15.7. The van der Waals surface area contributed by atoms with Crippen molar-refractivity contribution in [3.63, 3.8) is 0 Å². The van der Waals surface area contributed by atoms with Gasteiger partial charge in [-0.25, -0.2) is 19.6 Å². The van der Waals surface area contributed by atoms with Gasteiger partial charge in [-0.3, -0.25) is 4.68 Å². The van der Waals surface area contributed by atoms with Crippen LogP contribution in [0.2, 0.25) is 0 Å². The molecule has 1 fully saturated rings. The highest BCUT2D eigenvalue weighted by Gasteiger charge is 2.23. The van der Waals surface area contributed by atoms with E-state index in [1.807, 2.05) is 22.6 Å². The molecule has 26 heavy (non-hydrogen) atoms. The molecule has 0 aromatic carbocycles. The summed E-state index contributed by atoms with van der Waals surface area (Å²) in [6.07, 6.45) is 9.33. The molecule has 3 aromatic rings. The SMILES string of the molecule is CCCn1ncnc1[C@@H](C)Nc1nc(C2CCCC2)nc2c1cnn2C. The normalized spacial score (nSPS) is 16.4. The molecule has 0 unspecified atom stereocenters. The van der Waals surface area contributed by atoms with Crippen molar-refractivity contribution in [3.8, 4) is 0 Å². The lowest BCUT2D eigenvalue weighted by atomic mass is 10.1. The summed E-state index contributed by atoms with van der Waals surface area (Å²) in [7, 11) is 1.93. The highest BCUT2D eigenvalue weighted by molar-refractivity contribution is 5.86. The largest absolute Gasteiger partial charge is 0.360 e. The molecular formula is C18H26N8. The summed E-state index contributed by atoms with van der Waals surface area (Å²) < 4.78 is 3.78. The molecular weight excluding hydrogens is 328 g/mol. The van der Waals surface area contributed by atoms with Gasteiger partial charge in [-0.1, -0.05) is 19.8 Å². The first kappa shape index (κ1) is 16.9. The number of nitrogens with one attached hydrogen (secondary N) is 1. The topological polar surface area (TPSA) is 86.3 Å². The Bertz CT molecular complexity index is 890. The fourth-order valence-electron chi connectivity index (χ4n) is 3.78. The summed E-state index contributed by atoms with van der Waals surface area (Å²) in [5.41, 5.74) is 0.881. The molecule has 0 bridgehead atoms. The highest BCUT2D eigenvalue weighted by Crippen LogP contribution is 2.34. The van der Waals surface area contributed by atoms with Crippen molar-refractivity contribution in [1.29, 1.82) is 0 Å². The van der Waals surface area contributed by atoms with E-state index in [-0.39, 0.29) is 6.04 Å². The minimum Gasteiger partial charge on any atom is -0.360 e. The van der Waals surface area contributed by atoms with Crippen LogP contribution >= 0.6 is 0 Å². The van der Waals surface area contributed by atoms with Crippen LogP contribution < -0.4 is 5.32 Å². The molecule has 8 nitrogen and oxygen atoms in total. The molecule has 0 saturated heterocycles. The van der Waals surface area contributed by atoms with Gasteiger partial charge < -0.3 is 5.32 Å². The first-order chi connectivity index (χ1) is 12.7. The van der Waals surface area contributed by atoms with Gasteiger partial charge in [-0.15, -0.1) is 0 Å². The molecule has 1 N–H and O–H groups in total. The maximum absolute atomic E-state index is 4.89. The van der Waals surface area contributed by atoms with Crippen LogP contribution in [0.3, 0.4) is 0 Å². The lowest BCUT2D eigenvalue weighted by Gasteiger charge is -2.17. The molecule has 3 heterocycles. The van der Waals surface area contributed by atoms with E-state index < -0.39 is 0 Å². The van der Waals surface area contributed by atoms with Crippen LogP contribution in [0.5, 0.6) is 0 Å². The van der Waals surface area contributed by atoms with Gasteiger partial charge in [0.15, 0.2) is 5.65 Å². The van der Waals surface area contributed by atoms with Gasteiger partial charge in [0.25, 0.3) is 0 Å². The number of hydrogen-bond acceptors (Lipinski definition) is 6. The number of aryl methyl sites for hydroxylation is 2. The smallest absolute Gasteiger partial charge is 0.163 e. The molecule has 1 aliphatic carbocycles. The Balaban J connectivity index is 1.69. The second-order valence-corrected chi connectivity index (χ2v) is 7.12. The highest BCUT2D eigenvalue weighted by atomic mass is 15.3. The number of anilines is 1. The minimum absolute atomic E-state index is 0.00113. The van der Waals surface area contributed by atoms with Crippen molar-refractivity contribution in [2.45, 2.75) is 64.5 Å². The fourth-order valence-corrected chi connectivity index (χ4v) is 3.78. The third-order valence-corrected chi connectivity index (χ3v) is 5.15. The minimum atomic E-state index is -0.00113. The lowest BCUT2D eigenvalue weighted by Crippen LogP contribution is -2.16. The third kappa shape index (κ3) is 3.04. The van der Waals surface area contributed by atoms with Gasteiger partial charge in [0.1, 0.15) is 23.8 Å². The van der Waals surface area contributed by atoms with Crippen molar-refractivity contribution >= 4 is 16.9 Å². The van der Waals surface area contributed by atoms with Gasteiger partial charge in [0, 0.05) is 19.5 Å². The monoisotopic (exact) mass is 354 g/mol. The van der Waals surface area contributed by atoms with Crippen LogP contribution in [-0.2, 0) is 13.6 Å². The zero-order valence-electron chi connectivity index (χ0n) is 15.7. The zero-order chi connectivity index (χ0) is 18.1. The Morgan fingerprint density at radius 2 is 2.04 bits per heavy atom. The van der Waals surface area contributed by atoms with E-state index >= 15 is 0 Å². The number of rotatable bonds is 6. The Morgan fingerprint density at radius 3 is 2.81 bits per heavy atom. The molecule has 1 atom stereocenters. The second kappa shape index (κ2) is 7.01. The number of nitrogens with zero attached hydrogens (tertiary/aromatic N) is 7. The standard InChI is InChI=1S/C18H26N8/c1-4-9-26-17(19-11-21-26)12(2)22-16-14-10-20-25(3)18(14)24-15(23-16)13-7-5-6-8-13/h10-13H,4-9H2,1-3H3,(H,22,23,24)/t12-/m1/s1. The quantitative estimate of drug-likeness (QED) is 0.731. The predicted octanol–water partition coefficient (Wildman–Crippen LogP) is 3.20. The van der Waals surface area contributed by atoms with E-state index in [4.69, 9.17) is 9.97 Å². The Labute approximate surface area is 153 Å². The predicted molar refractivity (Wildman–Crippen MR) is 99.9 cm³/mol. The van der Waals surface area contributed by atoms with E-state index in [1.54, 1.807) is 6.33 Å². The van der Waals surface area contributed by atoms with Crippen molar-refractivity contribution in [2.24, 2.45) is 7.05 Å².